The zero-order valence-corrected chi connectivity index (χ0v) is 3.96. The van der Waals surface area contributed by atoms with Gasteiger partial charge >= 0.3 is 0 Å². The minimum absolute atomic E-state index is 0.579. The molecule has 0 aromatic heterocycles. The van der Waals surface area contributed by atoms with Crippen molar-refractivity contribution in [2.75, 3.05) is 5.88 Å². The average molecular weight is 100 g/mol. The van der Waals surface area contributed by atoms with Gasteiger partial charge in [-0.3, -0.25) is 10.4 Å². The highest BCUT2D eigenvalue weighted by Crippen LogP contribution is 2.05. The Kier molecular flexibility index (Phi) is 0.919. The third kappa shape index (κ3) is 0.597. The van der Waals surface area contributed by atoms with Gasteiger partial charge in [-0.2, -0.15) is 0 Å². The molecule has 0 radical (unpaired) electrons. The van der Waals surface area contributed by atoms with Crippen LogP contribution in [0.25, 0.3) is 0 Å². The molecule has 0 saturated carbocycles. The summed E-state index contributed by atoms with van der Waals surface area (Å²) < 4.78 is 0. The first-order chi connectivity index (χ1) is 2.89. The number of thioether (sulfide) groups is 1. The summed E-state index contributed by atoms with van der Waals surface area (Å²) in [6.45, 7) is 0. The van der Waals surface area contributed by atoms with E-state index in [1.165, 1.54) is 11.8 Å². The van der Waals surface area contributed by atoms with Crippen molar-refractivity contribution in [1.29, 1.82) is 5.41 Å². The van der Waals surface area contributed by atoms with Crippen LogP contribution in [-0.2, 0) is 0 Å². The van der Waals surface area contributed by atoms with Gasteiger partial charge in [0.2, 0.25) is 0 Å². The number of hydrogen-bond acceptors (Lipinski definition) is 3. The molecule has 6 heavy (non-hydrogen) atoms. The van der Waals surface area contributed by atoms with Crippen molar-refractivity contribution in [2.45, 2.75) is 0 Å². The summed E-state index contributed by atoms with van der Waals surface area (Å²) in [5.74, 6) is 0.749. The second-order valence-electron chi connectivity index (χ2n) is 0.949. The van der Waals surface area contributed by atoms with Crippen LogP contribution in [0, 0.1) is 5.41 Å². The summed E-state index contributed by atoms with van der Waals surface area (Å²) in [6, 6.07) is 0. The van der Waals surface area contributed by atoms with E-state index in [4.69, 9.17) is 5.41 Å². The van der Waals surface area contributed by atoms with Crippen molar-refractivity contribution in [3.63, 3.8) is 0 Å². The van der Waals surface area contributed by atoms with Crippen LogP contribution in [0.4, 0.5) is 0 Å². The van der Waals surface area contributed by atoms with E-state index >= 15 is 0 Å². The summed E-state index contributed by atoms with van der Waals surface area (Å²) in [5.41, 5.74) is 0. The molecule has 0 spiro atoms. The highest BCUT2D eigenvalue weighted by molar-refractivity contribution is 8.15. The Morgan fingerprint density at radius 3 is 3.00 bits per heavy atom. The Morgan fingerprint density at radius 1 is 2.00 bits per heavy atom. The molecule has 0 fully saturated rings. The van der Waals surface area contributed by atoms with Crippen LogP contribution in [0.1, 0.15) is 0 Å². The van der Waals surface area contributed by atoms with Crippen LogP contribution in [0.2, 0.25) is 0 Å². The van der Waals surface area contributed by atoms with Crippen molar-refractivity contribution in [3.05, 3.63) is 0 Å². The van der Waals surface area contributed by atoms with Gasteiger partial charge in [0, 0.05) is 0 Å². The highest BCUT2D eigenvalue weighted by atomic mass is 32.2. The van der Waals surface area contributed by atoms with Crippen LogP contribution < -0.4 is 0 Å². The summed E-state index contributed by atoms with van der Waals surface area (Å²) in [7, 11) is 0. The molecule has 1 aliphatic heterocycles. The minimum atomic E-state index is 0.579. The van der Waals surface area contributed by atoms with Crippen molar-refractivity contribution in [3.8, 4) is 0 Å². The summed E-state index contributed by atoms with van der Waals surface area (Å²) >= 11 is 1.46. The van der Waals surface area contributed by atoms with E-state index in [1.807, 2.05) is 0 Å². The summed E-state index contributed by atoms with van der Waals surface area (Å²) in [6.07, 6.45) is 1.57. The largest absolute Gasteiger partial charge is 0.292 e. The molecule has 1 heterocycles. The second-order valence-corrected chi connectivity index (χ2v) is 1.94. The van der Waals surface area contributed by atoms with E-state index in [9.17, 15) is 0 Å². The molecule has 0 aliphatic carbocycles. The lowest BCUT2D eigenvalue weighted by molar-refractivity contribution is 1.43. The maximum absolute atomic E-state index is 6.86. The Bertz CT molecular complexity index is 97.0. The van der Waals surface area contributed by atoms with Crippen molar-refractivity contribution in [1.82, 2.24) is 0 Å². The fourth-order valence-electron chi connectivity index (χ4n) is 0.264. The normalized spacial score (nSPS) is 19.7. The van der Waals surface area contributed by atoms with E-state index in [2.05, 4.69) is 4.99 Å². The van der Waals surface area contributed by atoms with Gasteiger partial charge in [0.25, 0.3) is 0 Å². The first-order valence-electron chi connectivity index (χ1n) is 1.61. The highest BCUT2D eigenvalue weighted by Gasteiger charge is 1.96. The van der Waals surface area contributed by atoms with Crippen molar-refractivity contribution in [2.24, 2.45) is 4.99 Å². The zero-order valence-electron chi connectivity index (χ0n) is 3.14. The topological polar surface area (TPSA) is 36.2 Å². The van der Waals surface area contributed by atoms with E-state index in [0.29, 0.717) is 5.04 Å². The number of aliphatic imine (C=N–C) groups is 1. The Morgan fingerprint density at radius 2 is 2.83 bits per heavy atom. The Labute approximate surface area is 40.2 Å². The lowest BCUT2D eigenvalue weighted by atomic mass is 10.8. The van der Waals surface area contributed by atoms with Crippen LogP contribution in [0.5, 0.6) is 0 Å². The molecule has 32 valence electrons. The Hall–Kier alpha value is -0.310. The molecule has 2 nitrogen and oxygen atoms in total. The number of nitrogens with zero attached hydrogens (tertiary/aromatic N) is 1. The lowest BCUT2D eigenvalue weighted by Crippen LogP contribution is -1.78. The van der Waals surface area contributed by atoms with Gasteiger partial charge in [0.15, 0.2) is 0 Å². The molecule has 1 rings (SSSR count). The SMILES string of the molecule is N=C1C=NCS1. The van der Waals surface area contributed by atoms with Gasteiger partial charge < -0.3 is 0 Å². The van der Waals surface area contributed by atoms with Crippen LogP contribution in [-0.4, -0.2) is 17.1 Å². The molecule has 0 bridgehead atoms. The summed E-state index contributed by atoms with van der Waals surface area (Å²) in [5, 5.41) is 7.44. The maximum Gasteiger partial charge on any atom is 0.107 e. The second kappa shape index (κ2) is 1.43. The van der Waals surface area contributed by atoms with Crippen LogP contribution in [0.3, 0.4) is 0 Å². The smallest absolute Gasteiger partial charge is 0.107 e. The molecule has 0 saturated heterocycles. The predicted molar refractivity (Wildman–Crippen MR) is 28.7 cm³/mol. The molecular formula is C3H4N2S. The molecule has 1 aliphatic rings. The fraction of sp³-hybridized carbons (Fsp3) is 0.333. The maximum atomic E-state index is 6.86. The van der Waals surface area contributed by atoms with Gasteiger partial charge in [0.05, 0.1) is 12.1 Å². The number of hydrogen-bond donors (Lipinski definition) is 1. The van der Waals surface area contributed by atoms with Gasteiger partial charge in [-0.15, -0.1) is 0 Å². The van der Waals surface area contributed by atoms with Gasteiger partial charge in [-0.1, -0.05) is 11.8 Å². The molecule has 0 aromatic rings. The van der Waals surface area contributed by atoms with Crippen LogP contribution in [0.15, 0.2) is 4.99 Å². The average Bonchev–Trinajstić information content (AvgIpc) is 1.86. The van der Waals surface area contributed by atoms with E-state index < -0.39 is 0 Å². The van der Waals surface area contributed by atoms with E-state index in [-0.39, 0.29) is 0 Å². The fourth-order valence-corrected chi connectivity index (χ4v) is 0.701. The minimum Gasteiger partial charge on any atom is -0.292 e. The third-order valence-electron chi connectivity index (χ3n) is 0.503. The first kappa shape index (κ1) is 3.87. The van der Waals surface area contributed by atoms with Crippen molar-refractivity contribution >= 4 is 23.0 Å². The number of rotatable bonds is 0. The van der Waals surface area contributed by atoms with Crippen LogP contribution >= 0.6 is 11.8 Å². The van der Waals surface area contributed by atoms with Gasteiger partial charge in [-0.05, 0) is 0 Å². The lowest BCUT2D eigenvalue weighted by Gasteiger charge is -1.73. The third-order valence-corrected chi connectivity index (χ3v) is 1.20. The number of nitrogens with one attached hydrogen (secondary N) is 1. The quantitative estimate of drug-likeness (QED) is 0.479. The molecular weight excluding hydrogens is 96.1 g/mol. The Balaban J connectivity index is 2.59. The zero-order chi connectivity index (χ0) is 4.41. The first-order valence-corrected chi connectivity index (χ1v) is 2.59. The molecule has 3 heteroatoms. The van der Waals surface area contributed by atoms with Gasteiger partial charge in [0.1, 0.15) is 5.04 Å². The molecule has 0 unspecified atom stereocenters. The standard InChI is InChI=1S/C3H4N2S/c4-3-1-5-2-6-3/h1,4H,2H2. The van der Waals surface area contributed by atoms with E-state index in [1.54, 1.807) is 6.21 Å². The molecule has 1 N–H and O–H groups in total. The molecule has 0 aromatic carbocycles. The van der Waals surface area contributed by atoms with E-state index in [0.717, 1.165) is 5.88 Å². The van der Waals surface area contributed by atoms with Crippen molar-refractivity contribution < 1.29 is 0 Å². The summed E-state index contributed by atoms with van der Waals surface area (Å²) in [4.78, 5) is 3.78. The monoisotopic (exact) mass is 100 g/mol. The van der Waals surface area contributed by atoms with Gasteiger partial charge in [-0.25, -0.2) is 0 Å². The predicted octanol–water partition coefficient (Wildman–Crippen LogP) is 0.739. The molecule has 0 atom stereocenters. The molecule has 0 amide bonds.